The maximum Gasteiger partial charge on any atom is 0.217 e. The van der Waals surface area contributed by atoms with Crippen LogP contribution in [0.3, 0.4) is 0 Å². The minimum atomic E-state index is -0.347. The Morgan fingerprint density at radius 3 is 3.00 bits per heavy atom. The van der Waals surface area contributed by atoms with E-state index in [0.29, 0.717) is 13.2 Å². The zero-order valence-corrected chi connectivity index (χ0v) is 8.23. The molecule has 78 valence electrons. The van der Waals surface area contributed by atoms with Gasteiger partial charge in [0.25, 0.3) is 0 Å². The van der Waals surface area contributed by atoms with Crippen molar-refractivity contribution in [3.8, 4) is 0 Å². The van der Waals surface area contributed by atoms with Crippen LogP contribution in [0.1, 0.15) is 24.2 Å². The van der Waals surface area contributed by atoms with Crippen molar-refractivity contribution in [2.24, 2.45) is 5.73 Å². The fourth-order valence-corrected chi connectivity index (χ4v) is 1.51. The summed E-state index contributed by atoms with van der Waals surface area (Å²) in [6.07, 6.45) is 0.589. The Labute approximate surface area is 83.0 Å². The maximum absolute atomic E-state index is 5.61. The SMILES string of the molecule is Cc1ccc(C2OCC(CCN)O2)o1. The third-order valence-electron chi connectivity index (χ3n) is 2.23. The van der Waals surface area contributed by atoms with Crippen molar-refractivity contribution in [3.63, 3.8) is 0 Å². The van der Waals surface area contributed by atoms with E-state index < -0.39 is 0 Å². The molecular formula is C10H15NO3. The highest BCUT2D eigenvalue weighted by Gasteiger charge is 2.28. The average molecular weight is 197 g/mol. The summed E-state index contributed by atoms with van der Waals surface area (Å²) in [4.78, 5) is 0. The molecule has 14 heavy (non-hydrogen) atoms. The molecular weight excluding hydrogens is 182 g/mol. The normalized spacial score (nSPS) is 27.0. The first-order valence-corrected chi connectivity index (χ1v) is 4.83. The van der Waals surface area contributed by atoms with Crippen LogP contribution in [0.15, 0.2) is 16.5 Å². The second kappa shape index (κ2) is 4.13. The predicted molar refractivity (Wildman–Crippen MR) is 50.7 cm³/mol. The minimum Gasteiger partial charge on any atom is -0.461 e. The molecule has 0 amide bonds. The lowest BCUT2D eigenvalue weighted by Gasteiger charge is -2.07. The molecule has 4 heteroatoms. The van der Waals surface area contributed by atoms with Crippen LogP contribution in [0, 0.1) is 6.92 Å². The topological polar surface area (TPSA) is 57.6 Å². The Morgan fingerprint density at radius 2 is 2.36 bits per heavy atom. The van der Waals surface area contributed by atoms with Gasteiger partial charge in [-0.05, 0) is 32.0 Å². The van der Waals surface area contributed by atoms with Crippen molar-refractivity contribution in [2.75, 3.05) is 13.2 Å². The first-order chi connectivity index (χ1) is 6.79. The quantitative estimate of drug-likeness (QED) is 0.794. The van der Waals surface area contributed by atoms with Crippen molar-refractivity contribution >= 4 is 0 Å². The van der Waals surface area contributed by atoms with Crippen molar-refractivity contribution in [1.82, 2.24) is 0 Å². The van der Waals surface area contributed by atoms with E-state index in [4.69, 9.17) is 19.6 Å². The van der Waals surface area contributed by atoms with E-state index in [-0.39, 0.29) is 12.4 Å². The zero-order valence-electron chi connectivity index (χ0n) is 8.23. The van der Waals surface area contributed by atoms with Crippen LogP contribution < -0.4 is 5.73 Å². The van der Waals surface area contributed by atoms with Crippen LogP contribution in [0.2, 0.25) is 0 Å². The maximum atomic E-state index is 5.61. The number of hydrogen-bond acceptors (Lipinski definition) is 4. The Hall–Kier alpha value is -0.840. The van der Waals surface area contributed by atoms with E-state index in [1.54, 1.807) is 0 Å². The number of hydrogen-bond donors (Lipinski definition) is 1. The molecule has 0 saturated carbocycles. The third kappa shape index (κ3) is 1.97. The fraction of sp³-hybridized carbons (Fsp3) is 0.600. The second-order valence-electron chi connectivity index (χ2n) is 3.45. The van der Waals surface area contributed by atoms with Gasteiger partial charge in [-0.3, -0.25) is 0 Å². The van der Waals surface area contributed by atoms with Crippen LogP contribution in [0.5, 0.6) is 0 Å². The summed E-state index contributed by atoms with van der Waals surface area (Å²) >= 11 is 0. The van der Waals surface area contributed by atoms with Crippen LogP contribution in [0.25, 0.3) is 0 Å². The lowest BCUT2D eigenvalue weighted by molar-refractivity contribution is -0.0746. The van der Waals surface area contributed by atoms with E-state index in [1.807, 2.05) is 19.1 Å². The highest BCUT2D eigenvalue weighted by molar-refractivity contribution is 5.07. The highest BCUT2D eigenvalue weighted by Crippen LogP contribution is 2.28. The molecule has 2 rings (SSSR count). The Kier molecular flexibility index (Phi) is 2.86. The van der Waals surface area contributed by atoms with Crippen LogP contribution in [0.4, 0.5) is 0 Å². The predicted octanol–water partition coefficient (Wildman–Crippen LogP) is 1.35. The highest BCUT2D eigenvalue weighted by atomic mass is 16.7. The number of furan rings is 1. The third-order valence-corrected chi connectivity index (χ3v) is 2.23. The Balaban J connectivity index is 1.95. The number of ether oxygens (including phenoxy) is 2. The Morgan fingerprint density at radius 1 is 1.50 bits per heavy atom. The smallest absolute Gasteiger partial charge is 0.217 e. The van der Waals surface area contributed by atoms with Crippen LogP contribution in [-0.2, 0) is 9.47 Å². The molecule has 1 fully saturated rings. The largest absolute Gasteiger partial charge is 0.461 e. The summed E-state index contributed by atoms with van der Waals surface area (Å²) in [6.45, 7) is 3.12. The first-order valence-electron chi connectivity index (χ1n) is 4.83. The van der Waals surface area contributed by atoms with Gasteiger partial charge in [-0.25, -0.2) is 0 Å². The van der Waals surface area contributed by atoms with E-state index in [9.17, 15) is 0 Å². The molecule has 0 aliphatic carbocycles. The van der Waals surface area contributed by atoms with E-state index in [0.717, 1.165) is 17.9 Å². The van der Waals surface area contributed by atoms with Gasteiger partial charge in [-0.15, -0.1) is 0 Å². The number of aryl methyl sites for hydroxylation is 1. The molecule has 0 bridgehead atoms. The Bertz CT molecular complexity index is 297. The van der Waals surface area contributed by atoms with Gasteiger partial charge in [0.15, 0.2) is 5.76 Å². The summed E-state index contributed by atoms with van der Waals surface area (Å²) < 4.78 is 16.5. The van der Waals surface area contributed by atoms with Gasteiger partial charge in [0.05, 0.1) is 12.7 Å². The monoisotopic (exact) mass is 197 g/mol. The number of rotatable bonds is 3. The fourth-order valence-electron chi connectivity index (χ4n) is 1.51. The lowest BCUT2D eigenvalue weighted by atomic mass is 10.3. The van der Waals surface area contributed by atoms with Crippen molar-refractivity contribution in [3.05, 3.63) is 23.7 Å². The van der Waals surface area contributed by atoms with E-state index >= 15 is 0 Å². The van der Waals surface area contributed by atoms with E-state index in [1.165, 1.54) is 0 Å². The van der Waals surface area contributed by atoms with Gasteiger partial charge in [0.1, 0.15) is 5.76 Å². The van der Waals surface area contributed by atoms with E-state index in [2.05, 4.69) is 0 Å². The molecule has 2 N–H and O–H groups in total. The standard InChI is InChI=1S/C10H15NO3/c1-7-2-3-9(13-7)10-12-6-8(14-10)4-5-11/h2-3,8,10H,4-6,11H2,1H3. The molecule has 1 aromatic heterocycles. The lowest BCUT2D eigenvalue weighted by Crippen LogP contribution is -2.15. The minimum absolute atomic E-state index is 0.107. The molecule has 4 nitrogen and oxygen atoms in total. The average Bonchev–Trinajstić information content (AvgIpc) is 2.74. The summed E-state index contributed by atoms with van der Waals surface area (Å²) in [7, 11) is 0. The summed E-state index contributed by atoms with van der Waals surface area (Å²) in [6, 6.07) is 3.78. The van der Waals surface area contributed by atoms with Gasteiger partial charge in [-0.2, -0.15) is 0 Å². The molecule has 0 aromatic carbocycles. The summed E-state index contributed by atoms with van der Waals surface area (Å²) in [5, 5.41) is 0. The van der Waals surface area contributed by atoms with Crippen LogP contribution >= 0.6 is 0 Å². The summed E-state index contributed by atoms with van der Waals surface area (Å²) in [5.41, 5.74) is 5.44. The molecule has 1 aliphatic heterocycles. The van der Waals surface area contributed by atoms with Crippen molar-refractivity contribution < 1.29 is 13.9 Å². The van der Waals surface area contributed by atoms with Gasteiger partial charge >= 0.3 is 0 Å². The molecule has 1 saturated heterocycles. The molecule has 2 atom stereocenters. The van der Waals surface area contributed by atoms with Crippen LogP contribution in [-0.4, -0.2) is 19.3 Å². The van der Waals surface area contributed by atoms with Gasteiger partial charge in [0, 0.05) is 0 Å². The molecule has 2 unspecified atom stereocenters. The van der Waals surface area contributed by atoms with Crippen molar-refractivity contribution in [2.45, 2.75) is 25.7 Å². The zero-order chi connectivity index (χ0) is 9.97. The van der Waals surface area contributed by atoms with Gasteiger partial charge in [-0.1, -0.05) is 0 Å². The number of nitrogens with two attached hydrogens (primary N) is 1. The first kappa shape index (κ1) is 9.71. The molecule has 1 aliphatic rings. The van der Waals surface area contributed by atoms with Gasteiger partial charge in [0.2, 0.25) is 6.29 Å². The molecule has 1 aromatic rings. The molecule has 0 radical (unpaired) electrons. The molecule has 2 heterocycles. The summed E-state index contributed by atoms with van der Waals surface area (Å²) in [5.74, 6) is 1.61. The molecule has 0 spiro atoms. The second-order valence-corrected chi connectivity index (χ2v) is 3.45. The van der Waals surface area contributed by atoms with Crippen molar-refractivity contribution in [1.29, 1.82) is 0 Å². The van der Waals surface area contributed by atoms with Gasteiger partial charge < -0.3 is 19.6 Å².